The van der Waals surface area contributed by atoms with Crippen LogP contribution < -0.4 is 10.6 Å². The summed E-state index contributed by atoms with van der Waals surface area (Å²) >= 11 is 0. The molecular formula is C12H18N2O4. The summed E-state index contributed by atoms with van der Waals surface area (Å²) in [4.78, 5) is 22.7. The van der Waals surface area contributed by atoms with Gasteiger partial charge < -0.3 is 9.47 Å². The Morgan fingerprint density at radius 2 is 1.33 bits per heavy atom. The highest BCUT2D eigenvalue weighted by Crippen LogP contribution is 2.08. The molecule has 0 aromatic carbocycles. The summed E-state index contributed by atoms with van der Waals surface area (Å²) < 4.78 is 10.1. The molecule has 2 heterocycles. The largest absolute Gasteiger partial charge is 0.443 e. The summed E-state index contributed by atoms with van der Waals surface area (Å²) in [5.74, 6) is -1.04. The van der Waals surface area contributed by atoms with Crippen molar-refractivity contribution in [2.24, 2.45) is 0 Å². The first-order valence-corrected chi connectivity index (χ1v) is 6.30. The lowest BCUT2D eigenvalue weighted by molar-refractivity contribution is -0.146. The van der Waals surface area contributed by atoms with Gasteiger partial charge in [0.1, 0.15) is 0 Å². The van der Waals surface area contributed by atoms with Gasteiger partial charge >= 0.3 is 11.9 Å². The third kappa shape index (κ3) is 4.12. The van der Waals surface area contributed by atoms with Crippen molar-refractivity contribution in [1.29, 1.82) is 0 Å². The Hall–Kier alpha value is -1.40. The Balaban J connectivity index is 1.68. The molecule has 2 unspecified atom stereocenters. The third-order valence-corrected chi connectivity index (χ3v) is 2.90. The van der Waals surface area contributed by atoms with Gasteiger partial charge in [0.2, 0.25) is 0 Å². The van der Waals surface area contributed by atoms with E-state index in [0.29, 0.717) is 0 Å². The summed E-state index contributed by atoms with van der Waals surface area (Å²) in [7, 11) is 0. The van der Waals surface area contributed by atoms with Crippen LogP contribution in [0.1, 0.15) is 25.7 Å². The number of rotatable bonds is 4. The van der Waals surface area contributed by atoms with Gasteiger partial charge in [0.25, 0.3) is 0 Å². The molecule has 2 saturated heterocycles. The molecule has 6 nitrogen and oxygen atoms in total. The van der Waals surface area contributed by atoms with Crippen molar-refractivity contribution in [2.75, 3.05) is 13.1 Å². The van der Waals surface area contributed by atoms with Gasteiger partial charge in [0, 0.05) is 12.2 Å². The quantitative estimate of drug-likeness (QED) is 0.545. The van der Waals surface area contributed by atoms with Crippen molar-refractivity contribution in [1.82, 2.24) is 10.6 Å². The monoisotopic (exact) mass is 254 g/mol. The first-order chi connectivity index (χ1) is 8.74. The Morgan fingerprint density at radius 3 is 1.67 bits per heavy atom. The molecule has 2 rings (SSSR count). The fourth-order valence-electron chi connectivity index (χ4n) is 2.00. The van der Waals surface area contributed by atoms with E-state index in [1.54, 1.807) is 0 Å². The van der Waals surface area contributed by atoms with Crippen LogP contribution in [0.4, 0.5) is 0 Å². The van der Waals surface area contributed by atoms with Crippen LogP contribution in [-0.4, -0.2) is 37.5 Å². The van der Waals surface area contributed by atoms with E-state index in [-0.39, 0.29) is 12.5 Å². The average molecular weight is 254 g/mol. The van der Waals surface area contributed by atoms with Crippen molar-refractivity contribution in [3.05, 3.63) is 12.2 Å². The normalized spacial score (nSPS) is 27.6. The smallest absolute Gasteiger partial charge is 0.332 e. The number of ether oxygens (including phenoxy) is 2. The number of esters is 2. The zero-order chi connectivity index (χ0) is 12.8. The van der Waals surface area contributed by atoms with Crippen molar-refractivity contribution < 1.29 is 19.1 Å². The Bertz CT molecular complexity index is 299. The molecule has 2 fully saturated rings. The molecule has 2 N–H and O–H groups in total. The molecule has 100 valence electrons. The minimum atomic E-state index is -0.522. The zero-order valence-corrected chi connectivity index (χ0v) is 10.2. The lowest BCUT2D eigenvalue weighted by atomic mass is 10.3. The fraction of sp³-hybridized carbons (Fsp3) is 0.667. The molecule has 0 bridgehead atoms. The standard InChI is InChI=1S/C12H18N2O4/c15-11(17-9-3-1-7-13-9)5-6-12(16)18-10-4-2-8-14-10/h5-6,9-10,13-14H,1-4,7-8H2/b6-5-. The molecule has 0 amide bonds. The van der Waals surface area contributed by atoms with Crippen LogP contribution in [0.3, 0.4) is 0 Å². The lowest BCUT2D eigenvalue weighted by Crippen LogP contribution is -2.27. The molecule has 2 aliphatic rings. The molecule has 0 aromatic rings. The van der Waals surface area contributed by atoms with Crippen molar-refractivity contribution >= 4 is 11.9 Å². The van der Waals surface area contributed by atoms with E-state index < -0.39 is 11.9 Å². The number of nitrogens with one attached hydrogen (secondary N) is 2. The van der Waals surface area contributed by atoms with Gasteiger partial charge in [-0.2, -0.15) is 0 Å². The van der Waals surface area contributed by atoms with Crippen LogP contribution in [0.25, 0.3) is 0 Å². The van der Waals surface area contributed by atoms with Crippen LogP contribution in [0, 0.1) is 0 Å². The molecular weight excluding hydrogens is 236 g/mol. The predicted molar refractivity (Wildman–Crippen MR) is 63.4 cm³/mol. The van der Waals surface area contributed by atoms with Gasteiger partial charge in [0.15, 0.2) is 12.5 Å². The first kappa shape index (κ1) is 13.0. The molecule has 0 saturated carbocycles. The number of hydrogen-bond donors (Lipinski definition) is 2. The second-order valence-electron chi connectivity index (χ2n) is 4.38. The minimum absolute atomic E-state index is 0.227. The molecule has 6 heteroatoms. The first-order valence-electron chi connectivity index (χ1n) is 6.30. The number of hydrogen-bond acceptors (Lipinski definition) is 6. The van der Waals surface area contributed by atoms with Crippen molar-refractivity contribution in [3.63, 3.8) is 0 Å². The zero-order valence-electron chi connectivity index (χ0n) is 10.2. The van der Waals surface area contributed by atoms with Crippen LogP contribution >= 0.6 is 0 Å². The Labute approximate surface area is 106 Å². The lowest BCUT2D eigenvalue weighted by Gasteiger charge is -2.10. The van der Waals surface area contributed by atoms with E-state index in [4.69, 9.17) is 9.47 Å². The van der Waals surface area contributed by atoms with Crippen LogP contribution in [-0.2, 0) is 19.1 Å². The summed E-state index contributed by atoms with van der Waals surface area (Å²) in [5, 5.41) is 6.06. The van der Waals surface area contributed by atoms with Gasteiger partial charge in [-0.3, -0.25) is 10.6 Å². The Morgan fingerprint density at radius 1 is 0.889 bits per heavy atom. The minimum Gasteiger partial charge on any atom is -0.443 e. The average Bonchev–Trinajstić information content (AvgIpc) is 2.99. The summed E-state index contributed by atoms with van der Waals surface area (Å²) in [6.45, 7) is 1.72. The molecule has 18 heavy (non-hydrogen) atoms. The maximum absolute atomic E-state index is 11.4. The van der Waals surface area contributed by atoms with Crippen molar-refractivity contribution in [2.45, 2.75) is 38.1 Å². The molecule has 0 spiro atoms. The van der Waals surface area contributed by atoms with E-state index >= 15 is 0 Å². The van der Waals surface area contributed by atoms with Gasteiger partial charge in [-0.1, -0.05) is 0 Å². The summed E-state index contributed by atoms with van der Waals surface area (Å²) in [6, 6.07) is 0. The van der Waals surface area contributed by atoms with E-state index in [9.17, 15) is 9.59 Å². The third-order valence-electron chi connectivity index (χ3n) is 2.90. The molecule has 2 aliphatic heterocycles. The highest BCUT2D eigenvalue weighted by Gasteiger charge is 2.18. The van der Waals surface area contributed by atoms with Crippen molar-refractivity contribution in [3.8, 4) is 0 Å². The highest BCUT2D eigenvalue weighted by molar-refractivity contribution is 5.91. The Kier molecular flexibility index (Phi) is 4.72. The topological polar surface area (TPSA) is 76.7 Å². The number of carbonyl (C=O) groups excluding carboxylic acids is 2. The van der Waals surface area contributed by atoms with Crippen LogP contribution in [0.5, 0.6) is 0 Å². The highest BCUT2D eigenvalue weighted by atomic mass is 16.6. The van der Waals surface area contributed by atoms with Gasteiger partial charge in [-0.05, 0) is 38.8 Å². The number of carbonyl (C=O) groups is 2. The van der Waals surface area contributed by atoms with Crippen LogP contribution in [0.15, 0.2) is 12.2 Å². The molecule has 0 radical (unpaired) electrons. The van der Waals surface area contributed by atoms with Crippen LogP contribution in [0.2, 0.25) is 0 Å². The van der Waals surface area contributed by atoms with Gasteiger partial charge in [0.05, 0.1) is 0 Å². The summed E-state index contributed by atoms with van der Waals surface area (Å²) in [6.07, 6.45) is 5.39. The SMILES string of the molecule is O=C(/C=C\C(=O)OC1CCCN1)OC1CCCN1. The van der Waals surface area contributed by atoms with Gasteiger partial charge in [-0.25, -0.2) is 9.59 Å². The predicted octanol–water partition coefficient (Wildman–Crippen LogP) is 0.0480. The van der Waals surface area contributed by atoms with E-state index in [2.05, 4.69) is 10.6 Å². The molecule has 0 aromatic heterocycles. The fourth-order valence-corrected chi connectivity index (χ4v) is 2.00. The summed E-state index contributed by atoms with van der Waals surface area (Å²) in [5.41, 5.74) is 0. The maximum atomic E-state index is 11.4. The van der Waals surface area contributed by atoms with E-state index in [1.807, 2.05) is 0 Å². The van der Waals surface area contributed by atoms with E-state index in [0.717, 1.165) is 50.9 Å². The van der Waals surface area contributed by atoms with E-state index in [1.165, 1.54) is 0 Å². The molecule has 0 aliphatic carbocycles. The second-order valence-corrected chi connectivity index (χ2v) is 4.38. The van der Waals surface area contributed by atoms with Gasteiger partial charge in [-0.15, -0.1) is 0 Å². The maximum Gasteiger partial charge on any atom is 0.332 e. The molecule has 2 atom stereocenters. The second kappa shape index (κ2) is 6.51.